The Morgan fingerprint density at radius 3 is 1.57 bits per heavy atom. The third-order valence-corrected chi connectivity index (χ3v) is 10.4. The molecule has 12 heteroatoms. The fourth-order valence-electron chi connectivity index (χ4n) is 7.83. The lowest BCUT2D eigenvalue weighted by atomic mass is 9.93. The molecule has 5 aromatic rings. The summed E-state index contributed by atoms with van der Waals surface area (Å²) in [6.07, 6.45) is 0.418. The van der Waals surface area contributed by atoms with Crippen molar-refractivity contribution < 1.29 is 33.6 Å². The summed E-state index contributed by atoms with van der Waals surface area (Å²) in [6, 6.07) is 22.8. The number of nitro groups is 1. The van der Waals surface area contributed by atoms with Gasteiger partial charge in [-0.15, -0.1) is 11.6 Å². The van der Waals surface area contributed by atoms with Crippen LogP contribution in [-0.2, 0) is 32.0 Å². The number of nitro benzene ring substituents is 1. The first kappa shape index (κ1) is 35.6. The quantitative estimate of drug-likeness (QED) is 0.0493. The normalized spacial score (nSPS) is 16.1. The van der Waals surface area contributed by atoms with Crippen LogP contribution in [0, 0.1) is 10.1 Å². The first-order chi connectivity index (χ1) is 25.5. The average molecular weight is 734 g/mol. The van der Waals surface area contributed by atoms with Gasteiger partial charge in [-0.2, -0.15) is 0 Å². The van der Waals surface area contributed by atoms with Crippen LogP contribution in [0.5, 0.6) is 11.5 Å². The maximum atomic E-state index is 14.1. The minimum atomic E-state index is -0.538. The van der Waals surface area contributed by atoms with E-state index >= 15 is 0 Å². The Balaban J connectivity index is 1.20. The zero-order valence-electron chi connectivity index (χ0n) is 29.4. The molecule has 0 aromatic heterocycles. The predicted octanol–water partition coefficient (Wildman–Crippen LogP) is 7.75. The number of non-ortho nitro benzene ring substituents is 1. The van der Waals surface area contributed by atoms with Gasteiger partial charge in [-0.05, 0) is 39.4 Å². The minimum absolute atomic E-state index is 0.0298. The minimum Gasteiger partial charge on any atom is -0.426 e. The Kier molecular flexibility index (Phi) is 9.61. The fraction of sp³-hybridized carbons (Fsp3) is 0.268. The zero-order valence-corrected chi connectivity index (χ0v) is 30.1. The molecule has 270 valence electrons. The second-order valence-corrected chi connectivity index (χ2v) is 13.8. The Labute approximate surface area is 310 Å². The Hall–Kier alpha value is -5.81. The lowest BCUT2D eigenvalue weighted by Crippen LogP contribution is -2.32. The highest BCUT2D eigenvalue weighted by molar-refractivity contribution is 6.19. The van der Waals surface area contributed by atoms with Crippen molar-refractivity contribution in [1.82, 2.24) is 0 Å². The third-order valence-electron chi connectivity index (χ3n) is 10.0. The van der Waals surface area contributed by atoms with E-state index in [0.717, 1.165) is 39.1 Å². The van der Waals surface area contributed by atoms with E-state index in [9.17, 15) is 29.3 Å². The van der Waals surface area contributed by atoms with Crippen LogP contribution in [0.25, 0.3) is 21.5 Å². The van der Waals surface area contributed by atoms with E-state index in [2.05, 4.69) is 6.92 Å². The molecule has 0 aliphatic carbocycles. The number of benzene rings is 5. The lowest BCUT2D eigenvalue weighted by Gasteiger charge is -2.20. The second-order valence-electron chi connectivity index (χ2n) is 13.5. The van der Waals surface area contributed by atoms with Crippen molar-refractivity contribution in [3.8, 4) is 11.5 Å². The van der Waals surface area contributed by atoms with Crippen LogP contribution in [0.2, 0.25) is 0 Å². The summed E-state index contributed by atoms with van der Waals surface area (Å²) < 4.78 is 11.1. The van der Waals surface area contributed by atoms with Gasteiger partial charge in [0.15, 0.2) is 0 Å². The summed E-state index contributed by atoms with van der Waals surface area (Å²) in [5.74, 6) is -0.848. The average Bonchev–Trinajstić information content (AvgIpc) is 3.70. The van der Waals surface area contributed by atoms with Crippen LogP contribution >= 0.6 is 11.6 Å². The summed E-state index contributed by atoms with van der Waals surface area (Å²) in [5.41, 5.74) is 3.58. The van der Waals surface area contributed by atoms with E-state index < -0.39 is 16.9 Å². The smallest absolute Gasteiger partial charge is 0.308 e. The largest absolute Gasteiger partial charge is 0.426 e. The lowest BCUT2D eigenvalue weighted by molar-refractivity contribution is -0.385. The van der Waals surface area contributed by atoms with E-state index in [0.29, 0.717) is 40.5 Å². The number of rotatable bonds is 9. The molecule has 11 nitrogen and oxygen atoms in total. The maximum Gasteiger partial charge on any atom is 0.308 e. The van der Waals surface area contributed by atoms with E-state index in [1.54, 1.807) is 28.0 Å². The molecule has 0 spiro atoms. The van der Waals surface area contributed by atoms with Gasteiger partial charge in [0.2, 0.25) is 11.8 Å². The topological polar surface area (TPSA) is 136 Å². The second kappa shape index (κ2) is 14.3. The molecule has 2 amide bonds. The number of alkyl halides is 1. The van der Waals surface area contributed by atoms with E-state index in [4.69, 9.17) is 21.1 Å². The summed E-state index contributed by atoms with van der Waals surface area (Å²) in [4.78, 5) is 66.9. The van der Waals surface area contributed by atoms with Crippen molar-refractivity contribution >= 4 is 74.0 Å². The molecule has 0 saturated carbocycles. The first-order valence-corrected chi connectivity index (χ1v) is 17.9. The number of hydrogen-bond acceptors (Lipinski definition) is 8. The monoisotopic (exact) mass is 733 g/mol. The maximum absolute atomic E-state index is 14.1. The number of carbonyl (C=O) groups excluding carboxylic acids is 4. The number of nitrogens with zero attached hydrogens (tertiary/aromatic N) is 3. The molecule has 2 aliphatic rings. The van der Waals surface area contributed by atoms with Gasteiger partial charge in [0.05, 0.1) is 29.1 Å². The number of anilines is 2. The molecule has 5 aromatic carbocycles. The first-order valence-electron chi connectivity index (χ1n) is 17.4. The number of fused-ring (bicyclic) bond motifs is 6. The van der Waals surface area contributed by atoms with Gasteiger partial charge >= 0.3 is 11.9 Å². The van der Waals surface area contributed by atoms with Gasteiger partial charge in [0.25, 0.3) is 5.69 Å². The predicted molar refractivity (Wildman–Crippen MR) is 202 cm³/mol. The number of esters is 2. The molecule has 0 unspecified atom stereocenters. The van der Waals surface area contributed by atoms with Crippen LogP contribution < -0.4 is 19.3 Å². The number of ether oxygens (including phenoxy) is 2. The van der Waals surface area contributed by atoms with Crippen molar-refractivity contribution in [3.63, 3.8) is 0 Å². The van der Waals surface area contributed by atoms with Gasteiger partial charge in [-0.25, -0.2) is 0 Å². The molecule has 0 saturated heterocycles. The molecule has 2 heterocycles. The standard InChI is InChI=1S/C41H36ClN3O8/c1-4-27-21-43(34-18-36(52-23(2)46)30-9-5-7-11-32(30)40(27)34)38(48)16-25-13-26(15-29(14-25)45(50)51)17-39(49)44-22-28(20-42)41-33-12-8-6-10-31(33)37(19-35(41)44)53-24(3)47/h5-15,18-19,27-28H,4,16-17,20-22H2,1-3H3/t27-,28-/m1/s1. The van der Waals surface area contributed by atoms with Gasteiger partial charge in [-0.1, -0.05) is 61.5 Å². The number of amides is 2. The van der Waals surface area contributed by atoms with Gasteiger partial charge in [0, 0.05) is 79.7 Å². The van der Waals surface area contributed by atoms with Gasteiger partial charge < -0.3 is 19.3 Å². The molecule has 0 N–H and O–H groups in total. The van der Waals surface area contributed by atoms with Crippen molar-refractivity contribution in [3.05, 3.63) is 111 Å². The zero-order chi connectivity index (χ0) is 37.6. The number of carbonyl (C=O) groups is 4. The van der Waals surface area contributed by atoms with E-state index in [1.165, 1.54) is 26.0 Å². The molecular formula is C41H36ClN3O8. The van der Waals surface area contributed by atoms with Crippen molar-refractivity contribution in [1.29, 1.82) is 0 Å². The van der Waals surface area contributed by atoms with Crippen LogP contribution in [-0.4, -0.2) is 47.6 Å². The molecule has 2 aliphatic heterocycles. The van der Waals surface area contributed by atoms with Crippen LogP contribution in [0.4, 0.5) is 17.1 Å². The highest BCUT2D eigenvalue weighted by atomic mass is 35.5. The SMILES string of the molecule is CC[C@@H]1CN(C(=O)Cc2cc(CC(=O)N3C[C@@H](CCl)c4c3cc(OC(C)=O)c3ccccc43)cc([N+](=O)[O-])c2)c2cc(OC(C)=O)c3ccccc3c21. The third kappa shape index (κ3) is 6.68. The van der Waals surface area contributed by atoms with E-state index in [-0.39, 0.29) is 54.6 Å². The molecule has 0 radical (unpaired) electrons. The van der Waals surface area contributed by atoms with Gasteiger partial charge in [-0.3, -0.25) is 29.3 Å². The van der Waals surface area contributed by atoms with Gasteiger partial charge in [0.1, 0.15) is 11.5 Å². The molecule has 0 fully saturated rings. The Bertz CT molecular complexity index is 2200. The van der Waals surface area contributed by atoms with Crippen molar-refractivity contribution in [2.75, 3.05) is 28.8 Å². The summed E-state index contributed by atoms with van der Waals surface area (Å²) >= 11 is 6.42. The highest BCUT2D eigenvalue weighted by Gasteiger charge is 2.36. The summed E-state index contributed by atoms with van der Waals surface area (Å²) in [7, 11) is 0. The summed E-state index contributed by atoms with van der Waals surface area (Å²) in [6.45, 7) is 5.37. The molecular weight excluding hydrogens is 698 g/mol. The van der Waals surface area contributed by atoms with Crippen LogP contribution in [0.3, 0.4) is 0 Å². The number of halogens is 1. The Morgan fingerprint density at radius 2 is 1.15 bits per heavy atom. The highest BCUT2D eigenvalue weighted by Crippen LogP contribution is 2.47. The van der Waals surface area contributed by atoms with Crippen LogP contribution in [0.1, 0.15) is 61.3 Å². The van der Waals surface area contributed by atoms with Crippen LogP contribution in [0.15, 0.2) is 78.9 Å². The molecule has 0 bridgehead atoms. The van der Waals surface area contributed by atoms with Crippen molar-refractivity contribution in [2.24, 2.45) is 0 Å². The summed E-state index contributed by atoms with van der Waals surface area (Å²) in [5, 5.41) is 15.3. The Morgan fingerprint density at radius 1 is 0.717 bits per heavy atom. The van der Waals surface area contributed by atoms with Crippen molar-refractivity contribution in [2.45, 2.75) is 51.9 Å². The fourth-order valence-corrected chi connectivity index (χ4v) is 8.08. The molecule has 2 atom stereocenters. The molecule has 53 heavy (non-hydrogen) atoms. The van der Waals surface area contributed by atoms with E-state index in [1.807, 2.05) is 48.5 Å². The molecule has 7 rings (SSSR count). The number of hydrogen-bond donors (Lipinski definition) is 0.